The molecule has 84 valence electrons. The molecule has 0 spiro atoms. The summed E-state index contributed by atoms with van der Waals surface area (Å²) in [6.07, 6.45) is 2.62. The third kappa shape index (κ3) is 1.98. The van der Waals surface area contributed by atoms with Gasteiger partial charge in [-0.3, -0.25) is 9.58 Å². The third-order valence-electron chi connectivity index (χ3n) is 3.06. The summed E-state index contributed by atoms with van der Waals surface area (Å²) in [5, 5.41) is 4.37. The number of hydrogen-bond donors (Lipinski definition) is 2. The number of aryl methyl sites for hydroxylation is 2. The Bertz CT molecular complexity index is 338. The van der Waals surface area contributed by atoms with E-state index in [2.05, 4.69) is 15.4 Å². The van der Waals surface area contributed by atoms with Crippen LogP contribution < -0.4 is 11.3 Å². The van der Waals surface area contributed by atoms with Crippen molar-refractivity contribution in [2.75, 3.05) is 18.5 Å². The van der Waals surface area contributed by atoms with Crippen LogP contribution in [-0.2, 0) is 13.6 Å². The molecule has 2 rings (SSSR count). The number of aromatic nitrogens is 2. The van der Waals surface area contributed by atoms with Crippen LogP contribution in [-0.4, -0.2) is 27.8 Å². The third-order valence-corrected chi connectivity index (χ3v) is 3.06. The van der Waals surface area contributed by atoms with Gasteiger partial charge in [0.25, 0.3) is 0 Å². The number of hydrogen-bond acceptors (Lipinski definition) is 4. The largest absolute Gasteiger partial charge is 0.308 e. The predicted molar refractivity (Wildman–Crippen MR) is 60.3 cm³/mol. The zero-order chi connectivity index (χ0) is 10.8. The van der Waals surface area contributed by atoms with E-state index in [1.54, 1.807) is 4.68 Å². The molecule has 5 nitrogen and oxygen atoms in total. The van der Waals surface area contributed by atoms with Gasteiger partial charge in [0.1, 0.15) is 5.82 Å². The van der Waals surface area contributed by atoms with Crippen molar-refractivity contribution >= 4 is 5.82 Å². The maximum atomic E-state index is 5.51. The van der Waals surface area contributed by atoms with E-state index >= 15 is 0 Å². The summed E-state index contributed by atoms with van der Waals surface area (Å²) < 4.78 is 1.81. The highest BCUT2D eigenvalue weighted by Gasteiger charge is 2.18. The van der Waals surface area contributed by atoms with E-state index in [1.807, 2.05) is 14.0 Å². The van der Waals surface area contributed by atoms with Crippen molar-refractivity contribution in [2.45, 2.75) is 26.3 Å². The van der Waals surface area contributed by atoms with E-state index in [9.17, 15) is 0 Å². The Hall–Kier alpha value is -1.07. The molecule has 1 aliphatic rings. The summed E-state index contributed by atoms with van der Waals surface area (Å²) in [4.78, 5) is 2.45. The summed E-state index contributed by atoms with van der Waals surface area (Å²) >= 11 is 0. The minimum absolute atomic E-state index is 0.930. The summed E-state index contributed by atoms with van der Waals surface area (Å²) in [5.74, 6) is 6.44. The van der Waals surface area contributed by atoms with Crippen molar-refractivity contribution < 1.29 is 0 Å². The van der Waals surface area contributed by atoms with Gasteiger partial charge in [0.2, 0.25) is 0 Å². The highest BCUT2D eigenvalue weighted by atomic mass is 15.4. The molecule has 0 amide bonds. The lowest BCUT2D eigenvalue weighted by Gasteiger charge is -2.15. The summed E-state index contributed by atoms with van der Waals surface area (Å²) in [5.41, 5.74) is 5.02. The standard InChI is InChI=1S/C10H19N5/c1-8-9(7-15-5-3-4-6-15)10(12-11)14(2)13-8/h12H,3-7,11H2,1-2H3. The van der Waals surface area contributed by atoms with Crippen LogP contribution in [0.3, 0.4) is 0 Å². The van der Waals surface area contributed by atoms with Crippen molar-refractivity contribution in [1.82, 2.24) is 14.7 Å². The Kier molecular flexibility index (Phi) is 2.93. The fourth-order valence-electron chi connectivity index (χ4n) is 2.24. The Balaban J connectivity index is 2.18. The molecule has 0 bridgehead atoms. The van der Waals surface area contributed by atoms with Crippen LogP contribution in [0.4, 0.5) is 5.82 Å². The molecule has 0 radical (unpaired) electrons. The molecule has 1 aromatic rings. The number of nitrogens with zero attached hydrogens (tertiary/aromatic N) is 3. The molecule has 0 aromatic carbocycles. The minimum atomic E-state index is 0.930. The maximum absolute atomic E-state index is 5.51. The molecule has 5 heteroatoms. The molecular formula is C10H19N5. The maximum Gasteiger partial charge on any atom is 0.142 e. The lowest BCUT2D eigenvalue weighted by Crippen LogP contribution is -2.20. The molecule has 0 atom stereocenters. The zero-order valence-corrected chi connectivity index (χ0v) is 9.45. The molecule has 1 fully saturated rings. The number of likely N-dealkylation sites (tertiary alicyclic amines) is 1. The van der Waals surface area contributed by atoms with E-state index in [4.69, 9.17) is 5.84 Å². The number of nitrogens with one attached hydrogen (secondary N) is 1. The summed E-state index contributed by atoms with van der Waals surface area (Å²) in [6.45, 7) is 5.38. The van der Waals surface area contributed by atoms with Gasteiger partial charge in [-0.1, -0.05) is 0 Å². The SMILES string of the molecule is Cc1nn(C)c(NN)c1CN1CCCC1. The molecule has 0 saturated carbocycles. The van der Waals surface area contributed by atoms with Gasteiger partial charge in [-0.25, -0.2) is 5.84 Å². The average molecular weight is 209 g/mol. The van der Waals surface area contributed by atoms with Gasteiger partial charge in [-0.2, -0.15) is 5.10 Å². The molecule has 2 heterocycles. The van der Waals surface area contributed by atoms with Gasteiger partial charge in [0.05, 0.1) is 5.69 Å². The van der Waals surface area contributed by atoms with Crippen LogP contribution in [0.15, 0.2) is 0 Å². The number of rotatable bonds is 3. The first-order valence-corrected chi connectivity index (χ1v) is 5.44. The van der Waals surface area contributed by atoms with Crippen molar-refractivity contribution in [3.8, 4) is 0 Å². The monoisotopic (exact) mass is 209 g/mol. The van der Waals surface area contributed by atoms with Crippen LogP contribution in [0.1, 0.15) is 24.1 Å². The first-order chi connectivity index (χ1) is 7.22. The smallest absolute Gasteiger partial charge is 0.142 e. The molecule has 1 aliphatic heterocycles. The fraction of sp³-hybridized carbons (Fsp3) is 0.700. The highest BCUT2D eigenvalue weighted by molar-refractivity contribution is 5.46. The van der Waals surface area contributed by atoms with Crippen molar-refractivity contribution in [2.24, 2.45) is 12.9 Å². The molecule has 0 aliphatic carbocycles. The molecule has 1 aromatic heterocycles. The van der Waals surface area contributed by atoms with Crippen LogP contribution in [0, 0.1) is 6.92 Å². The molecular weight excluding hydrogens is 190 g/mol. The molecule has 0 unspecified atom stereocenters. The Morgan fingerprint density at radius 1 is 1.40 bits per heavy atom. The van der Waals surface area contributed by atoms with Crippen LogP contribution in [0.2, 0.25) is 0 Å². The predicted octanol–water partition coefficient (Wildman–Crippen LogP) is 0.610. The molecule has 3 N–H and O–H groups in total. The van der Waals surface area contributed by atoms with Gasteiger partial charge >= 0.3 is 0 Å². The van der Waals surface area contributed by atoms with Crippen LogP contribution in [0.5, 0.6) is 0 Å². The van der Waals surface area contributed by atoms with Gasteiger partial charge in [-0.15, -0.1) is 0 Å². The fourth-order valence-corrected chi connectivity index (χ4v) is 2.24. The number of anilines is 1. The normalized spacial score (nSPS) is 17.3. The second-order valence-electron chi connectivity index (χ2n) is 4.16. The zero-order valence-electron chi connectivity index (χ0n) is 9.45. The van der Waals surface area contributed by atoms with E-state index in [0.29, 0.717) is 0 Å². The van der Waals surface area contributed by atoms with Crippen molar-refractivity contribution in [3.05, 3.63) is 11.3 Å². The van der Waals surface area contributed by atoms with E-state index in [1.165, 1.54) is 31.5 Å². The topological polar surface area (TPSA) is 59.1 Å². The first-order valence-electron chi connectivity index (χ1n) is 5.44. The van der Waals surface area contributed by atoms with Gasteiger partial charge in [0, 0.05) is 19.2 Å². The first kappa shape index (κ1) is 10.4. The number of hydrazine groups is 1. The van der Waals surface area contributed by atoms with Gasteiger partial charge in [0.15, 0.2) is 0 Å². The Morgan fingerprint density at radius 3 is 2.67 bits per heavy atom. The molecule has 15 heavy (non-hydrogen) atoms. The van der Waals surface area contributed by atoms with Gasteiger partial charge < -0.3 is 5.43 Å². The van der Waals surface area contributed by atoms with Crippen LogP contribution in [0.25, 0.3) is 0 Å². The van der Waals surface area contributed by atoms with E-state index in [-0.39, 0.29) is 0 Å². The Morgan fingerprint density at radius 2 is 2.07 bits per heavy atom. The van der Waals surface area contributed by atoms with E-state index in [0.717, 1.165) is 18.1 Å². The lowest BCUT2D eigenvalue weighted by molar-refractivity contribution is 0.331. The minimum Gasteiger partial charge on any atom is -0.308 e. The average Bonchev–Trinajstić information content (AvgIpc) is 2.77. The quantitative estimate of drug-likeness (QED) is 0.565. The second-order valence-corrected chi connectivity index (χ2v) is 4.16. The summed E-state index contributed by atoms with van der Waals surface area (Å²) in [7, 11) is 1.91. The highest BCUT2D eigenvalue weighted by Crippen LogP contribution is 2.21. The molecule has 1 saturated heterocycles. The second kappa shape index (κ2) is 4.20. The summed E-state index contributed by atoms with van der Waals surface area (Å²) in [6, 6.07) is 0. The Labute approximate surface area is 90.2 Å². The van der Waals surface area contributed by atoms with Gasteiger partial charge in [-0.05, 0) is 32.9 Å². The van der Waals surface area contributed by atoms with Crippen molar-refractivity contribution in [3.63, 3.8) is 0 Å². The number of nitrogen functional groups attached to an aromatic ring is 1. The lowest BCUT2D eigenvalue weighted by atomic mass is 10.2. The number of nitrogens with two attached hydrogens (primary N) is 1. The van der Waals surface area contributed by atoms with Crippen molar-refractivity contribution in [1.29, 1.82) is 0 Å². The van der Waals surface area contributed by atoms with E-state index < -0.39 is 0 Å². The van der Waals surface area contributed by atoms with Crippen LogP contribution >= 0.6 is 0 Å².